The van der Waals surface area contributed by atoms with Crippen LogP contribution in [0.4, 0.5) is 5.69 Å². The highest BCUT2D eigenvalue weighted by Gasteiger charge is 2.29. The second kappa shape index (κ2) is 8.72. The van der Waals surface area contributed by atoms with E-state index in [0.717, 1.165) is 37.5 Å². The Hall–Kier alpha value is -2.53. The van der Waals surface area contributed by atoms with Crippen molar-refractivity contribution < 1.29 is 14.6 Å². The van der Waals surface area contributed by atoms with Crippen LogP contribution in [0.1, 0.15) is 12.5 Å². The first-order valence-electron chi connectivity index (χ1n) is 9.16. The minimum Gasteiger partial charge on any atom is -0.494 e. The zero-order valence-corrected chi connectivity index (χ0v) is 15.2. The van der Waals surface area contributed by atoms with Crippen molar-refractivity contribution in [1.82, 2.24) is 4.90 Å². The lowest BCUT2D eigenvalue weighted by molar-refractivity contribution is -0.143. The first kappa shape index (κ1) is 18.3. The van der Waals surface area contributed by atoms with Gasteiger partial charge >= 0.3 is 5.97 Å². The lowest BCUT2D eigenvalue weighted by Crippen LogP contribution is -2.53. The standard InChI is InChI=1S/C21H26N2O3/c1-2-26-20-11-7-6-8-17(20)16-19(21(24)25)23-14-12-22(13-15-23)18-9-4-3-5-10-18/h3-11,19H,2,12-16H2,1H3,(H,24,25)/t19-/m1/s1. The summed E-state index contributed by atoms with van der Waals surface area (Å²) in [7, 11) is 0. The van der Waals surface area contributed by atoms with Crippen LogP contribution in [-0.4, -0.2) is 54.8 Å². The minimum absolute atomic E-state index is 0.455. The molecule has 138 valence electrons. The summed E-state index contributed by atoms with van der Waals surface area (Å²) in [6.45, 7) is 5.66. The van der Waals surface area contributed by atoms with Crippen molar-refractivity contribution >= 4 is 11.7 Å². The maximum atomic E-state index is 11.9. The third-order valence-electron chi connectivity index (χ3n) is 4.85. The van der Waals surface area contributed by atoms with Crippen molar-refractivity contribution in [1.29, 1.82) is 0 Å². The van der Waals surface area contributed by atoms with Gasteiger partial charge in [0.15, 0.2) is 0 Å². The molecule has 0 aliphatic carbocycles. The summed E-state index contributed by atoms with van der Waals surface area (Å²) in [5.41, 5.74) is 2.15. The quantitative estimate of drug-likeness (QED) is 0.829. The highest BCUT2D eigenvalue weighted by atomic mass is 16.5. The molecule has 2 aromatic rings. The molecule has 5 heteroatoms. The SMILES string of the molecule is CCOc1ccccc1C[C@H](C(=O)O)N1CCN(c2ccccc2)CC1. The van der Waals surface area contributed by atoms with Gasteiger partial charge in [-0.2, -0.15) is 0 Å². The molecule has 1 aliphatic heterocycles. The number of benzene rings is 2. The number of anilines is 1. The summed E-state index contributed by atoms with van der Waals surface area (Å²) >= 11 is 0. The number of carbonyl (C=O) groups is 1. The second-order valence-corrected chi connectivity index (χ2v) is 6.46. The van der Waals surface area contributed by atoms with Crippen LogP contribution in [-0.2, 0) is 11.2 Å². The smallest absolute Gasteiger partial charge is 0.321 e. The number of carboxylic acid groups (broad SMARTS) is 1. The molecule has 1 fully saturated rings. The average Bonchev–Trinajstić information content (AvgIpc) is 2.68. The van der Waals surface area contributed by atoms with E-state index in [-0.39, 0.29) is 0 Å². The van der Waals surface area contributed by atoms with Gasteiger partial charge in [-0.3, -0.25) is 9.69 Å². The van der Waals surface area contributed by atoms with Crippen LogP contribution in [0.3, 0.4) is 0 Å². The normalized spacial score (nSPS) is 16.3. The summed E-state index contributed by atoms with van der Waals surface area (Å²) in [5.74, 6) is 0.00799. The summed E-state index contributed by atoms with van der Waals surface area (Å²) < 4.78 is 5.66. The first-order valence-corrected chi connectivity index (χ1v) is 9.16. The summed E-state index contributed by atoms with van der Waals surface area (Å²) in [6, 6.07) is 17.5. The van der Waals surface area contributed by atoms with Crippen LogP contribution in [0.25, 0.3) is 0 Å². The Bertz CT molecular complexity index is 712. The molecule has 0 aromatic heterocycles. The molecule has 5 nitrogen and oxygen atoms in total. The van der Waals surface area contributed by atoms with E-state index in [4.69, 9.17) is 4.74 Å². The molecular formula is C21H26N2O3. The highest BCUT2D eigenvalue weighted by molar-refractivity contribution is 5.74. The number of hydrogen-bond donors (Lipinski definition) is 1. The van der Waals surface area contributed by atoms with Crippen LogP contribution >= 0.6 is 0 Å². The van der Waals surface area contributed by atoms with Gasteiger partial charge in [0.25, 0.3) is 0 Å². The topological polar surface area (TPSA) is 53.0 Å². The maximum Gasteiger partial charge on any atom is 0.321 e. The summed E-state index contributed by atoms with van der Waals surface area (Å²) in [6.07, 6.45) is 0.455. The monoisotopic (exact) mass is 354 g/mol. The lowest BCUT2D eigenvalue weighted by Gasteiger charge is -2.39. The minimum atomic E-state index is -0.774. The molecule has 1 N–H and O–H groups in total. The van der Waals surface area contributed by atoms with Gasteiger partial charge in [0.1, 0.15) is 11.8 Å². The van der Waals surface area contributed by atoms with Crippen molar-refractivity contribution in [3.8, 4) is 5.75 Å². The molecule has 0 unspecified atom stereocenters. The Labute approximate surface area is 154 Å². The molecule has 0 spiro atoms. The van der Waals surface area contributed by atoms with Crippen molar-refractivity contribution in [3.05, 3.63) is 60.2 Å². The predicted molar refractivity (Wildman–Crippen MR) is 103 cm³/mol. The van der Waals surface area contributed by atoms with Crippen molar-refractivity contribution in [2.24, 2.45) is 0 Å². The summed E-state index contributed by atoms with van der Waals surface area (Å²) in [5, 5.41) is 9.79. The largest absolute Gasteiger partial charge is 0.494 e. The van der Waals surface area contributed by atoms with E-state index in [2.05, 4.69) is 21.9 Å². The number of aliphatic carboxylic acids is 1. The first-order chi connectivity index (χ1) is 12.7. The Morgan fingerprint density at radius 3 is 2.35 bits per heavy atom. The molecule has 1 atom stereocenters. The zero-order chi connectivity index (χ0) is 18.4. The third-order valence-corrected chi connectivity index (χ3v) is 4.85. The molecule has 0 saturated carbocycles. The second-order valence-electron chi connectivity index (χ2n) is 6.46. The Morgan fingerprint density at radius 2 is 1.69 bits per heavy atom. The van der Waals surface area contributed by atoms with E-state index in [1.807, 2.05) is 49.4 Å². The molecule has 1 heterocycles. The van der Waals surface area contributed by atoms with Crippen molar-refractivity contribution in [2.45, 2.75) is 19.4 Å². The fraction of sp³-hybridized carbons (Fsp3) is 0.381. The van der Waals surface area contributed by atoms with E-state index < -0.39 is 12.0 Å². The van der Waals surface area contributed by atoms with E-state index >= 15 is 0 Å². The molecule has 0 bridgehead atoms. The van der Waals surface area contributed by atoms with Gasteiger partial charge in [-0.1, -0.05) is 36.4 Å². The molecule has 26 heavy (non-hydrogen) atoms. The van der Waals surface area contributed by atoms with E-state index in [0.29, 0.717) is 13.0 Å². The maximum absolute atomic E-state index is 11.9. The van der Waals surface area contributed by atoms with E-state index in [9.17, 15) is 9.90 Å². The molecular weight excluding hydrogens is 328 g/mol. The molecule has 0 radical (unpaired) electrons. The number of nitrogens with zero attached hydrogens (tertiary/aromatic N) is 2. The number of hydrogen-bond acceptors (Lipinski definition) is 4. The van der Waals surface area contributed by atoms with E-state index in [1.165, 1.54) is 5.69 Å². The molecule has 3 rings (SSSR count). The average molecular weight is 354 g/mol. The Balaban J connectivity index is 1.67. The van der Waals surface area contributed by atoms with Gasteiger partial charge in [-0.25, -0.2) is 0 Å². The van der Waals surface area contributed by atoms with Gasteiger partial charge in [0.2, 0.25) is 0 Å². The van der Waals surface area contributed by atoms with Gasteiger partial charge in [-0.05, 0) is 30.7 Å². The van der Waals surface area contributed by atoms with Gasteiger partial charge < -0.3 is 14.7 Å². The van der Waals surface area contributed by atoms with Gasteiger partial charge in [-0.15, -0.1) is 0 Å². The number of carboxylic acids is 1. The van der Waals surface area contributed by atoms with Crippen LogP contribution in [0.15, 0.2) is 54.6 Å². The number of para-hydroxylation sites is 2. The Morgan fingerprint density at radius 1 is 1.04 bits per heavy atom. The fourth-order valence-electron chi connectivity index (χ4n) is 3.48. The number of rotatable bonds is 7. The molecule has 1 saturated heterocycles. The summed E-state index contributed by atoms with van der Waals surface area (Å²) in [4.78, 5) is 16.3. The fourth-order valence-corrected chi connectivity index (χ4v) is 3.48. The van der Waals surface area contributed by atoms with Crippen LogP contribution < -0.4 is 9.64 Å². The highest BCUT2D eigenvalue weighted by Crippen LogP contribution is 2.23. The number of piperazine rings is 1. The van der Waals surface area contributed by atoms with Gasteiger partial charge in [0.05, 0.1) is 6.61 Å². The van der Waals surface area contributed by atoms with Crippen LogP contribution in [0.5, 0.6) is 5.75 Å². The van der Waals surface area contributed by atoms with Crippen molar-refractivity contribution in [3.63, 3.8) is 0 Å². The van der Waals surface area contributed by atoms with Crippen LogP contribution in [0, 0.1) is 0 Å². The van der Waals surface area contributed by atoms with Crippen molar-refractivity contribution in [2.75, 3.05) is 37.7 Å². The van der Waals surface area contributed by atoms with E-state index in [1.54, 1.807) is 0 Å². The molecule has 0 amide bonds. The Kier molecular flexibility index (Phi) is 6.12. The number of ether oxygens (including phenoxy) is 1. The zero-order valence-electron chi connectivity index (χ0n) is 15.2. The third kappa shape index (κ3) is 4.35. The lowest BCUT2D eigenvalue weighted by atomic mass is 10.0. The molecule has 1 aliphatic rings. The molecule has 2 aromatic carbocycles. The predicted octanol–water partition coefficient (Wildman–Crippen LogP) is 2.90. The van der Waals surface area contributed by atoms with Crippen LogP contribution in [0.2, 0.25) is 0 Å². The van der Waals surface area contributed by atoms with Gasteiger partial charge in [0, 0.05) is 38.3 Å².